The number of rotatable bonds is 4. The molecule has 0 bridgehead atoms. The maximum absolute atomic E-state index is 12.2. The maximum Gasteiger partial charge on any atom is 0.164 e. The number of ketones is 1. The summed E-state index contributed by atoms with van der Waals surface area (Å²) in [6, 6.07) is 16.4. The molecular formula is C18H19NO. The van der Waals surface area contributed by atoms with Gasteiger partial charge in [0.25, 0.3) is 0 Å². The number of Topliss-reactive ketones (excluding diaryl/α,β-unsaturated/α-hetero) is 1. The van der Waals surface area contributed by atoms with Crippen LogP contribution in [0.3, 0.4) is 0 Å². The van der Waals surface area contributed by atoms with E-state index >= 15 is 0 Å². The molecule has 102 valence electrons. The van der Waals surface area contributed by atoms with Crippen molar-refractivity contribution < 1.29 is 4.79 Å². The highest BCUT2D eigenvalue weighted by Gasteiger charge is 2.18. The van der Waals surface area contributed by atoms with Gasteiger partial charge in [0.1, 0.15) is 0 Å². The average Bonchev–Trinajstić information content (AvgIpc) is 2.88. The number of nitrogens with zero attached hydrogens (tertiary/aromatic N) is 1. The summed E-state index contributed by atoms with van der Waals surface area (Å²) in [4.78, 5) is 14.5. The number of hydrogen-bond donors (Lipinski definition) is 0. The minimum absolute atomic E-state index is 0.237. The van der Waals surface area contributed by atoms with Gasteiger partial charge in [-0.25, -0.2) is 0 Å². The van der Waals surface area contributed by atoms with E-state index in [1.165, 1.54) is 16.7 Å². The van der Waals surface area contributed by atoms with Gasteiger partial charge in [0, 0.05) is 31.6 Å². The van der Waals surface area contributed by atoms with E-state index < -0.39 is 0 Å². The van der Waals surface area contributed by atoms with Crippen LogP contribution in [0.25, 0.3) is 0 Å². The summed E-state index contributed by atoms with van der Waals surface area (Å²) >= 11 is 0. The lowest BCUT2D eigenvalue weighted by Gasteiger charge is -2.13. The Morgan fingerprint density at radius 2 is 1.60 bits per heavy atom. The molecule has 0 spiro atoms. The fourth-order valence-electron chi connectivity index (χ4n) is 2.71. The Morgan fingerprint density at radius 3 is 2.20 bits per heavy atom. The summed E-state index contributed by atoms with van der Waals surface area (Å²) in [6.45, 7) is 4.81. The van der Waals surface area contributed by atoms with Gasteiger partial charge in [-0.15, -0.1) is 0 Å². The van der Waals surface area contributed by atoms with Gasteiger partial charge >= 0.3 is 0 Å². The smallest absolute Gasteiger partial charge is 0.164 e. The molecule has 2 aromatic rings. The number of carbonyl (C=O) groups is 1. The van der Waals surface area contributed by atoms with Crippen LogP contribution in [0.15, 0.2) is 48.5 Å². The molecule has 2 aromatic carbocycles. The van der Waals surface area contributed by atoms with Crippen molar-refractivity contribution in [3.63, 3.8) is 0 Å². The molecule has 0 aromatic heterocycles. The molecule has 2 nitrogen and oxygen atoms in total. The zero-order chi connectivity index (χ0) is 13.9. The van der Waals surface area contributed by atoms with Crippen LogP contribution in [-0.4, -0.2) is 17.2 Å². The Labute approximate surface area is 120 Å². The molecule has 0 N–H and O–H groups in total. The van der Waals surface area contributed by atoms with Crippen molar-refractivity contribution in [1.82, 2.24) is 4.90 Å². The Morgan fingerprint density at radius 1 is 1.00 bits per heavy atom. The summed E-state index contributed by atoms with van der Waals surface area (Å²) in [5.74, 6) is 0.237. The first-order chi connectivity index (χ1) is 9.72. The van der Waals surface area contributed by atoms with E-state index in [0.29, 0.717) is 6.42 Å². The number of aryl methyl sites for hydroxylation is 1. The monoisotopic (exact) mass is 265 g/mol. The standard InChI is InChI=1S/C18H19NO/c1-14-6-8-15(9-7-14)18(20)10-11-19-12-16-4-2-3-5-17(16)13-19/h2-9H,10-13H2,1H3. The third-order valence-electron chi connectivity index (χ3n) is 3.93. The first-order valence-electron chi connectivity index (χ1n) is 7.11. The summed E-state index contributed by atoms with van der Waals surface area (Å²) in [5, 5.41) is 0. The van der Waals surface area contributed by atoms with Crippen LogP contribution in [0.1, 0.15) is 33.5 Å². The molecule has 2 heteroatoms. The molecular weight excluding hydrogens is 246 g/mol. The minimum Gasteiger partial charge on any atom is -0.294 e. The van der Waals surface area contributed by atoms with Gasteiger partial charge in [0.2, 0.25) is 0 Å². The minimum atomic E-state index is 0.237. The van der Waals surface area contributed by atoms with Crippen molar-refractivity contribution in [2.45, 2.75) is 26.4 Å². The van der Waals surface area contributed by atoms with Crippen molar-refractivity contribution in [3.05, 3.63) is 70.8 Å². The second kappa shape index (κ2) is 5.59. The maximum atomic E-state index is 12.2. The predicted molar refractivity (Wildman–Crippen MR) is 80.7 cm³/mol. The Kier molecular flexibility index (Phi) is 3.66. The predicted octanol–water partition coefficient (Wildman–Crippen LogP) is 3.58. The van der Waals surface area contributed by atoms with Gasteiger partial charge < -0.3 is 0 Å². The largest absolute Gasteiger partial charge is 0.294 e. The average molecular weight is 265 g/mol. The summed E-state index contributed by atoms with van der Waals surface area (Å²) in [5.41, 5.74) is 4.81. The lowest BCUT2D eigenvalue weighted by Crippen LogP contribution is -2.20. The SMILES string of the molecule is Cc1ccc(C(=O)CCN2Cc3ccccc3C2)cc1. The van der Waals surface area contributed by atoms with Crippen molar-refractivity contribution >= 4 is 5.78 Å². The highest BCUT2D eigenvalue weighted by atomic mass is 16.1. The normalized spacial score (nSPS) is 14.2. The highest BCUT2D eigenvalue weighted by molar-refractivity contribution is 5.96. The molecule has 0 aliphatic carbocycles. The van der Waals surface area contributed by atoms with Crippen LogP contribution < -0.4 is 0 Å². The quantitative estimate of drug-likeness (QED) is 0.787. The van der Waals surface area contributed by atoms with Gasteiger partial charge in [0.15, 0.2) is 5.78 Å². The molecule has 1 heterocycles. The van der Waals surface area contributed by atoms with E-state index in [1.807, 2.05) is 31.2 Å². The van der Waals surface area contributed by atoms with Gasteiger partial charge in [-0.05, 0) is 18.1 Å². The summed E-state index contributed by atoms with van der Waals surface area (Å²) in [6.07, 6.45) is 0.594. The van der Waals surface area contributed by atoms with Crippen LogP contribution in [0.4, 0.5) is 0 Å². The topological polar surface area (TPSA) is 20.3 Å². The van der Waals surface area contributed by atoms with E-state index in [0.717, 1.165) is 25.2 Å². The van der Waals surface area contributed by atoms with Gasteiger partial charge in [-0.1, -0.05) is 54.1 Å². The van der Waals surface area contributed by atoms with E-state index in [9.17, 15) is 4.79 Å². The van der Waals surface area contributed by atoms with Crippen LogP contribution in [0, 0.1) is 6.92 Å². The second-order valence-corrected chi connectivity index (χ2v) is 5.52. The van der Waals surface area contributed by atoms with Gasteiger partial charge in [-0.3, -0.25) is 9.69 Å². The third kappa shape index (κ3) is 2.81. The molecule has 0 radical (unpaired) electrons. The van der Waals surface area contributed by atoms with Gasteiger partial charge in [-0.2, -0.15) is 0 Å². The first-order valence-corrected chi connectivity index (χ1v) is 7.11. The molecule has 1 aliphatic heterocycles. The lowest BCUT2D eigenvalue weighted by atomic mass is 10.1. The first kappa shape index (κ1) is 13.1. The molecule has 0 unspecified atom stereocenters. The van der Waals surface area contributed by atoms with Gasteiger partial charge in [0.05, 0.1) is 0 Å². The third-order valence-corrected chi connectivity index (χ3v) is 3.93. The van der Waals surface area contributed by atoms with Crippen LogP contribution in [-0.2, 0) is 13.1 Å². The molecule has 0 fully saturated rings. The van der Waals surface area contributed by atoms with E-state index in [4.69, 9.17) is 0 Å². The van der Waals surface area contributed by atoms with Crippen molar-refractivity contribution in [2.24, 2.45) is 0 Å². The highest BCUT2D eigenvalue weighted by Crippen LogP contribution is 2.22. The zero-order valence-electron chi connectivity index (χ0n) is 11.8. The molecule has 20 heavy (non-hydrogen) atoms. The summed E-state index contributed by atoms with van der Waals surface area (Å²) < 4.78 is 0. The molecule has 0 amide bonds. The second-order valence-electron chi connectivity index (χ2n) is 5.52. The van der Waals surface area contributed by atoms with Crippen molar-refractivity contribution in [3.8, 4) is 0 Å². The number of benzene rings is 2. The van der Waals surface area contributed by atoms with E-state index in [-0.39, 0.29) is 5.78 Å². The molecule has 0 saturated carbocycles. The van der Waals surface area contributed by atoms with E-state index in [2.05, 4.69) is 29.2 Å². The van der Waals surface area contributed by atoms with Crippen LogP contribution >= 0.6 is 0 Å². The van der Waals surface area contributed by atoms with Crippen molar-refractivity contribution in [2.75, 3.05) is 6.54 Å². The van der Waals surface area contributed by atoms with Crippen LogP contribution in [0.2, 0.25) is 0 Å². The fraction of sp³-hybridized carbons (Fsp3) is 0.278. The Hall–Kier alpha value is -1.93. The zero-order valence-corrected chi connectivity index (χ0v) is 11.8. The van der Waals surface area contributed by atoms with Crippen molar-refractivity contribution in [1.29, 1.82) is 0 Å². The molecule has 0 atom stereocenters. The number of carbonyl (C=O) groups excluding carboxylic acids is 1. The number of hydrogen-bond acceptors (Lipinski definition) is 2. The van der Waals surface area contributed by atoms with Crippen LogP contribution in [0.5, 0.6) is 0 Å². The molecule has 3 rings (SSSR count). The number of fused-ring (bicyclic) bond motifs is 1. The molecule has 0 saturated heterocycles. The van der Waals surface area contributed by atoms with E-state index in [1.54, 1.807) is 0 Å². The Balaban J connectivity index is 1.56. The summed E-state index contributed by atoms with van der Waals surface area (Å²) in [7, 11) is 0. The Bertz CT molecular complexity index is 591. The lowest BCUT2D eigenvalue weighted by molar-refractivity contribution is 0.0963. The molecule has 1 aliphatic rings. The fourth-order valence-corrected chi connectivity index (χ4v) is 2.71.